The number of aliphatic imine (C=N–C) groups is 1. The van der Waals surface area contributed by atoms with E-state index in [4.69, 9.17) is 27.8 Å². The number of hydrogen-bond donors (Lipinski definition) is 3. The smallest absolute Gasteiger partial charge is 0.351 e. The lowest BCUT2D eigenvalue weighted by Crippen LogP contribution is -2.32. The summed E-state index contributed by atoms with van der Waals surface area (Å²) in [5, 5.41) is -1.31. The fourth-order valence-corrected chi connectivity index (χ4v) is 1.58. The van der Waals surface area contributed by atoms with Gasteiger partial charge in [0.25, 0.3) is 0 Å². The number of guanidine groups is 1. The van der Waals surface area contributed by atoms with E-state index in [2.05, 4.69) is 4.99 Å². The highest BCUT2D eigenvalue weighted by Gasteiger charge is 2.23. The van der Waals surface area contributed by atoms with Crippen LogP contribution in [-0.2, 0) is 15.5 Å². The highest BCUT2D eigenvalue weighted by molar-refractivity contribution is 7.74. The average Bonchev–Trinajstić information content (AvgIpc) is 2.28. The standard InChI is InChI=1S/C9H10ClN3O4S/c10-5-1-3-6(4-2-5)17-8(14)7(18(15)16)13-9(11)12/h1-4,7,18H,(H4,11,12,13). The maximum Gasteiger partial charge on any atom is 0.351 e. The lowest BCUT2D eigenvalue weighted by molar-refractivity contribution is -0.133. The highest BCUT2D eigenvalue weighted by atomic mass is 35.5. The zero-order chi connectivity index (χ0) is 13.7. The minimum absolute atomic E-state index is 0.136. The molecule has 1 aromatic rings. The van der Waals surface area contributed by atoms with Crippen molar-refractivity contribution in [3.05, 3.63) is 29.3 Å². The van der Waals surface area contributed by atoms with Gasteiger partial charge in [-0.1, -0.05) is 11.6 Å². The summed E-state index contributed by atoms with van der Waals surface area (Å²) in [7, 11) is -3.19. The lowest BCUT2D eigenvalue weighted by Gasteiger charge is -2.07. The van der Waals surface area contributed by atoms with Crippen molar-refractivity contribution in [1.82, 2.24) is 0 Å². The summed E-state index contributed by atoms with van der Waals surface area (Å²) in [5.41, 5.74) is 10.0. The van der Waals surface area contributed by atoms with Gasteiger partial charge in [0.15, 0.2) is 16.7 Å². The van der Waals surface area contributed by atoms with Gasteiger partial charge in [-0.25, -0.2) is 18.2 Å². The second-order valence-electron chi connectivity index (χ2n) is 3.09. The minimum Gasteiger partial charge on any atom is -0.424 e. The Morgan fingerprint density at radius 2 is 1.83 bits per heavy atom. The third-order valence-corrected chi connectivity index (χ3v) is 2.69. The predicted molar refractivity (Wildman–Crippen MR) is 67.0 cm³/mol. The first kappa shape index (κ1) is 14.3. The van der Waals surface area contributed by atoms with Gasteiger partial charge in [0.2, 0.25) is 5.37 Å². The molecule has 0 amide bonds. The van der Waals surface area contributed by atoms with E-state index in [9.17, 15) is 13.2 Å². The third kappa shape index (κ3) is 4.22. The Hall–Kier alpha value is -1.80. The molecule has 0 saturated heterocycles. The molecule has 0 fully saturated rings. The predicted octanol–water partition coefficient (Wildman–Crippen LogP) is -0.544. The molecule has 98 valence electrons. The molecule has 7 nitrogen and oxygen atoms in total. The number of carbonyl (C=O) groups is 1. The molecule has 0 spiro atoms. The van der Waals surface area contributed by atoms with Crippen LogP contribution in [0, 0.1) is 0 Å². The van der Waals surface area contributed by atoms with Crippen LogP contribution < -0.4 is 16.2 Å². The van der Waals surface area contributed by atoms with Gasteiger partial charge in [0.1, 0.15) is 5.75 Å². The quantitative estimate of drug-likeness (QED) is 0.225. The topological polar surface area (TPSA) is 125 Å². The monoisotopic (exact) mass is 291 g/mol. The van der Waals surface area contributed by atoms with Gasteiger partial charge in [0, 0.05) is 5.02 Å². The largest absolute Gasteiger partial charge is 0.424 e. The molecule has 0 radical (unpaired) electrons. The normalized spacial score (nSPS) is 11.9. The molecule has 1 rings (SSSR count). The molecule has 1 unspecified atom stereocenters. The van der Waals surface area contributed by atoms with E-state index in [1.165, 1.54) is 24.3 Å². The summed E-state index contributed by atoms with van der Waals surface area (Å²) in [5.74, 6) is -1.48. The van der Waals surface area contributed by atoms with Crippen LogP contribution in [0.25, 0.3) is 0 Å². The molecule has 0 saturated carbocycles. The Morgan fingerprint density at radius 1 is 1.28 bits per heavy atom. The third-order valence-electron chi connectivity index (χ3n) is 1.71. The Morgan fingerprint density at radius 3 is 2.28 bits per heavy atom. The Kier molecular flexibility index (Phi) is 4.93. The van der Waals surface area contributed by atoms with Gasteiger partial charge in [-0.15, -0.1) is 0 Å². The summed E-state index contributed by atoms with van der Waals surface area (Å²) in [4.78, 5) is 14.8. The fraction of sp³-hybridized carbons (Fsp3) is 0.111. The molecule has 18 heavy (non-hydrogen) atoms. The van der Waals surface area contributed by atoms with Gasteiger partial charge < -0.3 is 16.2 Å². The zero-order valence-corrected chi connectivity index (χ0v) is 10.6. The van der Waals surface area contributed by atoms with Crippen LogP contribution >= 0.6 is 11.6 Å². The minimum atomic E-state index is -3.19. The van der Waals surface area contributed by atoms with Gasteiger partial charge in [-0.2, -0.15) is 0 Å². The molecule has 0 aromatic heterocycles. The number of ether oxygens (including phenoxy) is 1. The molecule has 0 aliphatic heterocycles. The zero-order valence-electron chi connectivity index (χ0n) is 8.95. The second kappa shape index (κ2) is 6.22. The summed E-state index contributed by atoms with van der Waals surface area (Å²) in [6.07, 6.45) is 0. The van der Waals surface area contributed by atoms with Crippen LogP contribution in [0.15, 0.2) is 29.3 Å². The molecule has 0 heterocycles. The molecular weight excluding hydrogens is 282 g/mol. The first-order valence-electron chi connectivity index (χ1n) is 4.59. The number of benzene rings is 1. The molecule has 0 aliphatic rings. The number of nitrogens with two attached hydrogens (primary N) is 2. The first-order chi connectivity index (χ1) is 8.40. The van der Waals surface area contributed by atoms with E-state index in [0.717, 1.165) is 0 Å². The van der Waals surface area contributed by atoms with Crippen LogP contribution in [0.2, 0.25) is 5.02 Å². The summed E-state index contributed by atoms with van der Waals surface area (Å²) < 4.78 is 26.4. The number of esters is 1. The van der Waals surface area contributed by atoms with Crippen LogP contribution in [0.1, 0.15) is 0 Å². The van der Waals surface area contributed by atoms with Crippen molar-refractivity contribution >= 4 is 34.2 Å². The highest BCUT2D eigenvalue weighted by Crippen LogP contribution is 2.16. The first-order valence-corrected chi connectivity index (χ1v) is 6.22. The number of hydrogen-bond acceptors (Lipinski definition) is 5. The summed E-state index contributed by atoms with van der Waals surface area (Å²) >= 11 is 5.64. The van der Waals surface area contributed by atoms with E-state index in [-0.39, 0.29) is 5.75 Å². The Balaban J connectivity index is 2.85. The van der Waals surface area contributed by atoms with E-state index >= 15 is 0 Å². The van der Waals surface area contributed by atoms with Crippen LogP contribution in [0.3, 0.4) is 0 Å². The fourth-order valence-electron chi connectivity index (χ4n) is 0.999. The van der Waals surface area contributed by atoms with Gasteiger partial charge in [-0.05, 0) is 24.3 Å². The molecule has 9 heteroatoms. The summed E-state index contributed by atoms with van der Waals surface area (Å²) in [6.45, 7) is 0. The van der Waals surface area contributed by atoms with E-state index in [1.54, 1.807) is 0 Å². The number of halogens is 1. The van der Waals surface area contributed by atoms with Gasteiger partial charge >= 0.3 is 5.97 Å². The average molecular weight is 292 g/mol. The lowest BCUT2D eigenvalue weighted by atomic mass is 10.3. The van der Waals surface area contributed by atoms with Crippen molar-refractivity contribution < 1.29 is 17.9 Å². The van der Waals surface area contributed by atoms with Crippen molar-refractivity contribution in [2.45, 2.75) is 5.37 Å². The molecule has 1 aromatic carbocycles. The van der Waals surface area contributed by atoms with Crippen molar-refractivity contribution in [3.8, 4) is 5.75 Å². The van der Waals surface area contributed by atoms with Crippen molar-refractivity contribution in [3.63, 3.8) is 0 Å². The van der Waals surface area contributed by atoms with Gasteiger partial charge in [-0.3, -0.25) is 0 Å². The molecular formula is C9H10ClN3O4S. The Labute approximate surface area is 109 Å². The van der Waals surface area contributed by atoms with E-state index in [1.807, 2.05) is 0 Å². The second-order valence-corrected chi connectivity index (χ2v) is 4.58. The number of rotatable bonds is 4. The Bertz CT molecular complexity index is 529. The van der Waals surface area contributed by atoms with E-state index < -0.39 is 28.0 Å². The van der Waals surface area contributed by atoms with Crippen molar-refractivity contribution in [2.75, 3.05) is 0 Å². The van der Waals surface area contributed by atoms with Crippen LogP contribution in [0.4, 0.5) is 0 Å². The van der Waals surface area contributed by atoms with Crippen LogP contribution in [-0.4, -0.2) is 25.7 Å². The van der Waals surface area contributed by atoms with Gasteiger partial charge in [0.05, 0.1) is 0 Å². The molecule has 0 aliphatic carbocycles. The van der Waals surface area contributed by atoms with Crippen molar-refractivity contribution in [1.29, 1.82) is 0 Å². The SMILES string of the molecule is NC(N)=NC(C(=O)Oc1ccc(Cl)cc1)[SH](=O)=O. The maximum absolute atomic E-state index is 11.5. The molecule has 4 N–H and O–H groups in total. The molecule has 0 bridgehead atoms. The van der Waals surface area contributed by atoms with Crippen LogP contribution in [0.5, 0.6) is 5.75 Å². The van der Waals surface area contributed by atoms with Crippen molar-refractivity contribution in [2.24, 2.45) is 16.5 Å². The van der Waals surface area contributed by atoms with E-state index in [0.29, 0.717) is 5.02 Å². The number of nitrogens with zero attached hydrogens (tertiary/aromatic N) is 1. The number of thiol groups is 1. The maximum atomic E-state index is 11.5. The number of carbonyl (C=O) groups excluding carboxylic acids is 1. The summed E-state index contributed by atoms with van der Waals surface area (Å²) in [6, 6.07) is 5.78. The molecule has 1 atom stereocenters.